The lowest BCUT2D eigenvalue weighted by Crippen LogP contribution is -2.06. The lowest BCUT2D eigenvalue weighted by molar-refractivity contribution is -0.384. The van der Waals surface area contributed by atoms with Crippen molar-refractivity contribution in [3.63, 3.8) is 0 Å². The number of aromatic nitrogens is 2. The average Bonchev–Trinajstić information content (AvgIpc) is 2.45. The lowest BCUT2D eigenvalue weighted by Gasteiger charge is -2.06. The summed E-state index contributed by atoms with van der Waals surface area (Å²) in [5.41, 5.74) is 0.531. The number of hydrogen-bond acceptors (Lipinski definition) is 6. The number of anilines is 1. The molecule has 0 bridgehead atoms. The first kappa shape index (κ1) is 12.4. The van der Waals surface area contributed by atoms with Crippen LogP contribution in [0.1, 0.15) is 11.1 Å². The third-order valence-electron chi connectivity index (χ3n) is 2.41. The highest BCUT2D eigenvalue weighted by Gasteiger charge is 2.20. The summed E-state index contributed by atoms with van der Waals surface area (Å²) in [6.45, 7) is 0.344. The van der Waals surface area contributed by atoms with Crippen LogP contribution in [0.4, 0.5) is 11.5 Å². The molecule has 0 amide bonds. The van der Waals surface area contributed by atoms with Gasteiger partial charge >= 0.3 is 5.69 Å². The molecule has 2 aromatic heterocycles. The fourth-order valence-corrected chi connectivity index (χ4v) is 1.55. The Labute approximate surface area is 108 Å². The molecule has 0 saturated carbocycles. The van der Waals surface area contributed by atoms with Crippen LogP contribution in [0.2, 0.25) is 0 Å². The molecule has 0 aliphatic heterocycles. The SMILES string of the molecule is N#Cc1ccnc(NCc2cccnc2)c1[N+](=O)[O-]. The Bertz CT molecular complexity index is 636. The summed E-state index contributed by atoms with van der Waals surface area (Å²) in [6, 6.07) is 6.70. The van der Waals surface area contributed by atoms with Crippen LogP contribution < -0.4 is 5.32 Å². The maximum absolute atomic E-state index is 11.0. The Morgan fingerprint density at radius 1 is 1.42 bits per heavy atom. The summed E-state index contributed by atoms with van der Waals surface area (Å²) in [7, 11) is 0. The molecule has 2 heterocycles. The van der Waals surface area contributed by atoms with Gasteiger partial charge in [0.15, 0.2) is 0 Å². The number of nitro groups is 1. The molecular formula is C12H9N5O2. The molecule has 0 aromatic carbocycles. The summed E-state index contributed by atoms with van der Waals surface area (Å²) in [5.74, 6) is 0.0768. The molecule has 0 aliphatic carbocycles. The van der Waals surface area contributed by atoms with Crippen LogP contribution in [-0.4, -0.2) is 14.9 Å². The van der Waals surface area contributed by atoms with E-state index in [9.17, 15) is 10.1 Å². The van der Waals surface area contributed by atoms with Crippen molar-refractivity contribution in [2.75, 3.05) is 5.32 Å². The molecule has 1 N–H and O–H groups in total. The summed E-state index contributed by atoms with van der Waals surface area (Å²) in [5, 5.41) is 22.7. The highest BCUT2D eigenvalue weighted by molar-refractivity contribution is 5.64. The summed E-state index contributed by atoms with van der Waals surface area (Å²) >= 11 is 0. The van der Waals surface area contributed by atoms with E-state index in [0.717, 1.165) is 5.56 Å². The zero-order valence-corrected chi connectivity index (χ0v) is 9.78. The Balaban J connectivity index is 2.26. The Hall–Kier alpha value is -3.01. The van der Waals surface area contributed by atoms with Crippen molar-refractivity contribution in [3.05, 3.63) is 58.0 Å². The van der Waals surface area contributed by atoms with Gasteiger partial charge in [-0.25, -0.2) is 4.98 Å². The van der Waals surface area contributed by atoms with E-state index >= 15 is 0 Å². The second-order valence-corrected chi connectivity index (χ2v) is 3.64. The van der Waals surface area contributed by atoms with Crippen LogP contribution in [0.25, 0.3) is 0 Å². The van der Waals surface area contributed by atoms with Gasteiger partial charge in [-0.15, -0.1) is 0 Å². The summed E-state index contributed by atoms with van der Waals surface area (Å²) in [4.78, 5) is 18.2. The van der Waals surface area contributed by atoms with Gasteiger partial charge in [-0.05, 0) is 17.7 Å². The van der Waals surface area contributed by atoms with Crippen LogP contribution in [0, 0.1) is 21.4 Å². The van der Waals surface area contributed by atoms with E-state index in [1.54, 1.807) is 24.5 Å². The van der Waals surface area contributed by atoms with E-state index in [-0.39, 0.29) is 17.1 Å². The molecule has 0 fully saturated rings. The highest BCUT2D eigenvalue weighted by atomic mass is 16.6. The number of hydrogen-bond donors (Lipinski definition) is 1. The molecule has 0 saturated heterocycles. The molecule has 0 aliphatic rings. The molecule has 2 aromatic rings. The van der Waals surface area contributed by atoms with Crippen LogP contribution in [0.5, 0.6) is 0 Å². The van der Waals surface area contributed by atoms with E-state index in [2.05, 4.69) is 15.3 Å². The second kappa shape index (κ2) is 5.55. The predicted molar refractivity (Wildman–Crippen MR) is 67.2 cm³/mol. The van der Waals surface area contributed by atoms with Gasteiger partial charge in [0, 0.05) is 25.1 Å². The standard InChI is InChI=1S/C12H9N5O2/c13-6-10-3-5-15-12(11(10)17(18)19)16-8-9-2-1-4-14-7-9/h1-5,7H,8H2,(H,15,16). The van der Waals surface area contributed by atoms with Gasteiger partial charge in [0.25, 0.3) is 0 Å². The third-order valence-corrected chi connectivity index (χ3v) is 2.41. The highest BCUT2D eigenvalue weighted by Crippen LogP contribution is 2.25. The number of nitrogens with zero attached hydrogens (tertiary/aromatic N) is 4. The maximum atomic E-state index is 11.0. The van der Waals surface area contributed by atoms with Crippen LogP contribution in [0.15, 0.2) is 36.8 Å². The van der Waals surface area contributed by atoms with E-state index < -0.39 is 4.92 Å². The predicted octanol–water partition coefficient (Wildman–Crippen LogP) is 1.87. The third kappa shape index (κ3) is 2.81. The van der Waals surface area contributed by atoms with Gasteiger partial charge in [-0.2, -0.15) is 5.26 Å². The van der Waals surface area contributed by atoms with Gasteiger partial charge in [-0.1, -0.05) is 6.07 Å². The van der Waals surface area contributed by atoms with Crippen LogP contribution >= 0.6 is 0 Å². The number of rotatable bonds is 4. The van der Waals surface area contributed by atoms with Gasteiger partial charge < -0.3 is 5.32 Å². The van der Waals surface area contributed by atoms with Gasteiger partial charge in [0.1, 0.15) is 11.6 Å². The van der Waals surface area contributed by atoms with E-state index in [1.807, 2.05) is 6.07 Å². The van der Waals surface area contributed by atoms with Crippen LogP contribution in [0.3, 0.4) is 0 Å². The lowest BCUT2D eigenvalue weighted by atomic mass is 10.2. The molecule has 2 rings (SSSR count). The van der Waals surface area contributed by atoms with E-state index in [0.29, 0.717) is 6.54 Å². The second-order valence-electron chi connectivity index (χ2n) is 3.64. The Morgan fingerprint density at radius 3 is 2.89 bits per heavy atom. The zero-order valence-electron chi connectivity index (χ0n) is 9.78. The first-order valence-electron chi connectivity index (χ1n) is 5.38. The number of nitriles is 1. The molecule has 94 valence electrons. The molecule has 19 heavy (non-hydrogen) atoms. The molecule has 7 nitrogen and oxygen atoms in total. The minimum atomic E-state index is -0.614. The van der Waals surface area contributed by atoms with Crippen molar-refractivity contribution in [2.24, 2.45) is 0 Å². The smallest absolute Gasteiger partial charge is 0.328 e. The minimum Gasteiger partial charge on any atom is -0.360 e. The minimum absolute atomic E-state index is 0.0197. The summed E-state index contributed by atoms with van der Waals surface area (Å²) in [6.07, 6.45) is 4.64. The molecular weight excluding hydrogens is 246 g/mol. The van der Waals surface area contributed by atoms with Crippen molar-refractivity contribution in [2.45, 2.75) is 6.54 Å². The van der Waals surface area contributed by atoms with Crippen LogP contribution in [-0.2, 0) is 6.54 Å². The molecule has 0 radical (unpaired) electrons. The van der Waals surface area contributed by atoms with Crippen molar-refractivity contribution >= 4 is 11.5 Å². The van der Waals surface area contributed by atoms with E-state index in [4.69, 9.17) is 5.26 Å². The Kier molecular flexibility index (Phi) is 3.64. The summed E-state index contributed by atoms with van der Waals surface area (Å²) < 4.78 is 0. The average molecular weight is 255 g/mol. The van der Waals surface area contributed by atoms with Gasteiger partial charge in [0.2, 0.25) is 5.82 Å². The van der Waals surface area contributed by atoms with E-state index in [1.165, 1.54) is 12.3 Å². The first-order chi connectivity index (χ1) is 9.22. The normalized spacial score (nSPS) is 9.63. The quantitative estimate of drug-likeness (QED) is 0.660. The molecule has 7 heteroatoms. The number of nitrogens with one attached hydrogen (secondary N) is 1. The van der Waals surface area contributed by atoms with Crippen molar-refractivity contribution in [1.29, 1.82) is 5.26 Å². The van der Waals surface area contributed by atoms with Gasteiger partial charge in [0.05, 0.1) is 4.92 Å². The van der Waals surface area contributed by atoms with Crippen molar-refractivity contribution in [1.82, 2.24) is 9.97 Å². The topological polar surface area (TPSA) is 105 Å². The van der Waals surface area contributed by atoms with Crippen molar-refractivity contribution in [3.8, 4) is 6.07 Å². The zero-order chi connectivity index (χ0) is 13.7. The molecule has 0 unspecified atom stereocenters. The number of pyridine rings is 2. The largest absolute Gasteiger partial charge is 0.360 e. The molecule has 0 atom stereocenters. The molecule has 0 spiro atoms. The maximum Gasteiger partial charge on any atom is 0.328 e. The fraction of sp³-hybridized carbons (Fsp3) is 0.0833. The van der Waals surface area contributed by atoms with Gasteiger partial charge in [-0.3, -0.25) is 15.1 Å². The van der Waals surface area contributed by atoms with Crippen molar-refractivity contribution < 1.29 is 4.92 Å². The monoisotopic (exact) mass is 255 g/mol. The fourth-order valence-electron chi connectivity index (χ4n) is 1.55. The first-order valence-corrected chi connectivity index (χ1v) is 5.38. The Morgan fingerprint density at radius 2 is 2.26 bits per heavy atom.